The minimum absolute atomic E-state index is 0.216. The molecule has 1 aromatic carbocycles. The van der Waals surface area contributed by atoms with E-state index in [1.165, 1.54) is 12.1 Å². The number of hydrogen-bond acceptors (Lipinski definition) is 3. The Balaban J connectivity index is 2.66. The molecule has 0 saturated carbocycles. The Morgan fingerprint density at radius 2 is 1.74 bits per heavy atom. The van der Waals surface area contributed by atoms with Gasteiger partial charge in [-0.2, -0.15) is 5.26 Å². The first-order valence-electron chi connectivity index (χ1n) is 6.19. The van der Waals surface area contributed by atoms with E-state index in [0.29, 0.717) is 31.5 Å². The lowest BCUT2D eigenvalue weighted by Crippen LogP contribution is -2.17. The van der Waals surface area contributed by atoms with Crippen LogP contribution < -0.4 is 10.5 Å². The highest BCUT2D eigenvalue weighted by atomic mass is 79.9. The number of aromatic nitrogens is 1. The molecule has 9 heteroatoms. The Morgan fingerprint density at radius 1 is 1.22 bits per heavy atom. The van der Waals surface area contributed by atoms with E-state index in [4.69, 9.17) is 5.73 Å². The molecular weight excluding hydrogens is 443 g/mol. The van der Waals surface area contributed by atoms with E-state index in [1.807, 2.05) is 6.07 Å². The van der Waals surface area contributed by atoms with Crippen molar-refractivity contribution in [1.82, 2.24) is 4.57 Å². The Hall–Kier alpha value is -1.66. The number of benzene rings is 1. The monoisotopic (exact) mass is 451 g/mol. The van der Waals surface area contributed by atoms with Gasteiger partial charge >= 0.3 is 6.36 Å². The van der Waals surface area contributed by atoms with Crippen LogP contribution in [-0.4, -0.2) is 10.9 Å². The minimum Gasteiger partial charge on any atom is -0.406 e. The molecule has 2 N–H and O–H groups in total. The Bertz CT molecular complexity index is 799. The highest BCUT2D eigenvalue weighted by molar-refractivity contribution is 9.11. The number of nitrogens with two attached hydrogens (primary N) is 1. The Kier molecular flexibility index (Phi) is 4.69. The summed E-state index contributed by atoms with van der Waals surface area (Å²) < 4.78 is 43.2. The number of rotatable bonds is 2. The second-order valence-corrected chi connectivity index (χ2v) is 6.41. The number of halogens is 5. The summed E-state index contributed by atoms with van der Waals surface area (Å²) in [5, 5.41) is 9.18. The number of anilines is 1. The van der Waals surface area contributed by atoms with Crippen LogP contribution in [0.4, 0.5) is 19.0 Å². The second-order valence-electron chi connectivity index (χ2n) is 4.70. The van der Waals surface area contributed by atoms with Crippen LogP contribution in [-0.2, 0) is 0 Å². The van der Waals surface area contributed by atoms with Gasteiger partial charge in [-0.15, -0.1) is 13.2 Å². The number of nitriles is 1. The molecule has 0 amide bonds. The third kappa shape index (κ3) is 3.33. The molecule has 0 atom stereocenters. The lowest BCUT2D eigenvalue weighted by Gasteiger charge is -2.16. The topological polar surface area (TPSA) is 64.0 Å². The highest BCUT2D eigenvalue weighted by Gasteiger charge is 2.32. The third-order valence-corrected chi connectivity index (χ3v) is 4.52. The van der Waals surface area contributed by atoms with E-state index in [0.717, 1.165) is 0 Å². The molecule has 0 unspecified atom stereocenters. The molecule has 2 rings (SSSR count). The molecule has 0 radical (unpaired) electrons. The first-order valence-corrected chi connectivity index (χ1v) is 7.78. The number of ether oxygens (including phenoxy) is 1. The van der Waals surface area contributed by atoms with Crippen molar-refractivity contribution in [3.05, 3.63) is 37.9 Å². The zero-order valence-corrected chi connectivity index (χ0v) is 15.1. The van der Waals surface area contributed by atoms with Gasteiger partial charge in [-0.05, 0) is 63.4 Å². The quantitative estimate of drug-likeness (QED) is 0.699. The average Bonchev–Trinajstić information content (AvgIpc) is 2.59. The van der Waals surface area contributed by atoms with Gasteiger partial charge in [-0.25, -0.2) is 0 Å². The van der Waals surface area contributed by atoms with Crippen molar-refractivity contribution in [2.45, 2.75) is 20.2 Å². The molecule has 0 saturated heterocycles. The molecule has 0 aliphatic carbocycles. The van der Waals surface area contributed by atoms with Crippen LogP contribution in [0.25, 0.3) is 5.69 Å². The number of hydrogen-bond donors (Lipinski definition) is 1. The summed E-state index contributed by atoms with van der Waals surface area (Å²) in [6, 6.07) is 4.40. The third-order valence-electron chi connectivity index (χ3n) is 3.31. The van der Waals surface area contributed by atoms with Crippen LogP contribution in [0.15, 0.2) is 21.1 Å². The smallest absolute Gasteiger partial charge is 0.406 e. The predicted octanol–water partition coefficient (Wildman–Crippen LogP) is 4.97. The molecule has 1 aromatic heterocycles. The van der Waals surface area contributed by atoms with Crippen LogP contribution in [0.2, 0.25) is 0 Å². The van der Waals surface area contributed by atoms with Crippen molar-refractivity contribution in [3.8, 4) is 17.5 Å². The van der Waals surface area contributed by atoms with Crippen LogP contribution in [0.3, 0.4) is 0 Å². The maximum atomic E-state index is 12.3. The summed E-state index contributed by atoms with van der Waals surface area (Å²) in [6.07, 6.45) is -4.78. The fourth-order valence-corrected chi connectivity index (χ4v) is 3.71. The minimum atomic E-state index is -4.78. The molecule has 4 nitrogen and oxygen atoms in total. The van der Waals surface area contributed by atoms with E-state index in [2.05, 4.69) is 36.6 Å². The van der Waals surface area contributed by atoms with Crippen molar-refractivity contribution >= 4 is 37.7 Å². The van der Waals surface area contributed by atoms with Gasteiger partial charge in [0.2, 0.25) is 0 Å². The summed E-state index contributed by atoms with van der Waals surface area (Å²) >= 11 is 6.46. The number of nitrogens with zero attached hydrogens (tertiary/aromatic N) is 2. The SMILES string of the molecule is Cc1c(C#N)c(N)n(-c2c(Br)cc(OC(F)(F)F)cc2Br)c1C. The Morgan fingerprint density at radius 3 is 2.13 bits per heavy atom. The molecular formula is C14H10Br2F3N3O. The van der Waals surface area contributed by atoms with Crippen LogP contribution >= 0.6 is 31.9 Å². The number of nitrogen functional groups attached to an aromatic ring is 1. The summed E-state index contributed by atoms with van der Waals surface area (Å²) in [5.41, 5.74) is 8.25. The van der Waals surface area contributed by atoms with Crippen LogP contribution in [0.1, 0.15) is 16.8 Å². The van der Waals surface area contributed by atoms with Crippen LogP contribution in [0, 0.1) is 25.2 Å². The maximum absolute atomic E-state index is 12.3. The van der Waals surface area contributed by atoms with E-state index in [1.54, 1.807) is 18.4 Å². The van der Waals surface area contributed by atoms with Gasteiger partial charge in [-0.3, -0.25) is 4.57 Å². The van der Waals surface area contributed by atoms with Crippen LogP contribution in [0.5, 0.6) is 5.75 Å². The summed E-state index contributed by atoms with van der Waals surface area (Å²) in [7, 11) is 0. The first kappa shape index (κ1) is 17.7. The second kappa shape index (κ2) is 6.09. The molecule has 0 fully saturated rings. The van der Waals surface area contributed by atoms with E-state index in [9.17, 15) is 18.4 Å². The lowest BCUT2D eigenvalue weighted by atomic mass is 10.2. The molecule has 0 spiro atoms. The summed E-state index contributed by atoms with van der Waals surface area (Å²) in [6.45, 7) is 3.52. The molecule has 0 aliphatic rings. The van der Waals surface area contributed by atoms with Gasteiger partial charge in [0, 0.05) is 14.6 Å². The molecule has 1 heterocycles. The molecule has 0 bridgehead atoms. The zero-order chi connectivity index (χ0) is 17.5. The normalized spacial score (nSPS) is 11.4. The fourth-order valence-electron chi connectivity index (χ4n) is 2.21. The van der Waals surface area contributed by atoms with E-state index < -0.39 is 6.36 Å². The summed E-state index contributed by atoms with van der Waals surface area (Å²) in [5.74, 6) is -0.158. The lowest BCUT2D eigenvalue weighted by molar-refractivity contribution is -0.274. The van der Waals surface area contributed by atoms with Crippen molar-refractivity contribution in [2.24, 2.45) is 0 Å². The van der Waals surface area contributed by atoms with Crippen molar-refractivity contribution in [1.29, 1.82) is 5.26 Å². The molecule has 0 aliphatic heterocycles. The Labute approximate surface area is 146 Å². The van der Waals surface area contributed by atoms with Gasteiger partial charge < -0.3 is 10.5 Å². The van der Waals surface area contributed by atoms with Crippen molar-refractivity contribution < 1.29 is 17.9 Å². The largest absolute Gasteiger partial charge is 0.573 e. The average molecular weight is 453 g/mol. The van der Waals surface area contributed by atoms with Gasteiger partial charge in [0.15, 0.2) is 0 Å². The standard InChI is InChI=1S/C14H10Br2F3N3O/c1-6-7(2)22(13(21)9(6)5-20)12-10(15)3-8(4-11(12)16)23-14(17,18)19/h3-4H,21H2,1-2H3. The van der Waals surface area contributed by atoms with Gasteiger partial charge in [-0.1, -0.05) is 0 Å². The fraction of sp³-hybridized carbons (Fsp3) is 0.214. The van der Waals surface area contributed by atoms with Crippen molar-refractivity contribution in [2.75, 3.05) is 5.73 Å². The molecule has 122 valence electrons. The van der Waals surface area contributed by atoms with E-state index >= 15 is 0 Å². The maximum Gasteiger partial charge on any atom is 0.573 e. The first-order chi connectivity index (χ1) is 10.6. The number of alkyl halides is 3. The molecule has 23 heavy (non-hydrogen) atoms. The van der Waals surface area contributed by atoms with Gasteiger partial charge in [0.05, 0.1) is 11.3 Å². The van der Waals surface area contributed by atoms with Gasteiger partial charge in [0.1, 0.15) is 17.6 Å². The summed E-state index contributed by atoms with van der Waals surface area (Å²) in [4.78, 5) is 0. The van der Waals surface area contributed by atoms with Crippen molar-refractivity contribution in [3.63, 3.8) is 0 Å². The highest BCUT2D eigenvalue weighted by Crippen LogP contribution is 2.39. The van der Waals surface area contributed by atoms with Gasteiger partial charge in [0.25, 0.3) is 0 Å². The zero-order valence-electron chi connectivity index (χ0n) is 11.9. The van der Waals surface area contributed by atoms with E-state index in [-0.39, 0.29) is 11.6 Å². The predicted molar refractivity (Wildman–Crippen MR) is 86.5 cm³/mol. The molecule has 2 aromatic rings.